The predicted molar refractivity (Wildman–Crippen MR) is 94.3 cm³/mol. The van der Waals surface area contributed by atoms with Crippen molar-refractivity contribution in [1.29, 1.82) is 0 Å². The zero-order chi connectivity index (χ0) is 16.5. The van der Waals surface area contributed by atoms with Crippen molar-refractivity contribution in [2.24, 2.45) is 0 Å². The van der Waals surface area contributed by atoms with Crippen LogP contribution in [0.1, 0.15) is 12.5 Å². The molecule has 4 heteroatoms. The third-order valence-corrected chi connectivity index (χ3v) is 4.42. The quantitative estimate of drug-likeness (QED) is 0.741. The number of fused-ring (bicyclic) bond motifs is 2. The summed E-state index contributed by atoms with van der Waals surface area (Å²) in [4.78, 5) is 18.9. The lowest BCUT2D eigenvalue weighted by molar-refractivity contribution is -0.120. The number of aromatic nitrogens is 1. The molecular formula is C20H18N2O2. The first kappa shape index (κ1) is 14.7. The van der Waals surface area contributed by atoms with E-state index in [9.17, 15) is 4.79 Å². The highest BCUT2D eigenvalue weighted by Crippen LogP contribution is 2.32. The van der Waals surface area contributed by atoms with Crippen LogP contribution in [0.5, 0.6) is 5.75 Å². The van der Waals surface area contributed by atoms with Gasteiger partial charge in [0, 0.05) is 23.3 Å². The highest BCUT2D eigenvalue weighted by atomic mass is 16.5. The summed E-state index contributed by atoms with van der Waals surface area (Å²) in [5.41, 5.74) is 2.99. The molecule has 1 amide bonds. The van der Waals surface area contributed by atoms with Gasteiger partial charge in [-0.05, 0) is 37.1 Å². The number of rotatable bonds is 3. The molecule has 0 fully saturated rings. The van der Waals surface area contributed by atoms with Crippen LogP contribution in [0, 0.1) is 0 Å². The fourth-order valence-electron chi connectivity index (χ4n) is 3.35. The number of carbonyl (C=O) groups is 1. The average molecular weight is 318 g/mol. The SMILES string of the molecule is C[C@@H]1Cc2ccccc2N1C(=O)COc1cccc2cccnc12. The Morgan fingerprint density at radius 2 is 2.00 bits per heavy atom. The van der Waals surface area contributed by atoms with Crippen LogP contribution in [0.25, 0.3) is 10.9 Å². The van der Waals surface area contributed by atoms with Gasteiger partial charge in [-0.15, -0.1) is 0 Å². The van der Waals surface area contributed by atoms with Crippen molar-refractivity contribution in [3.63, 3.8) is 0 Å². The first-order chi connectivity index (χ1) is 11.7. The van der Waals surface area contributed by atoms with Crippen LogP contribution in [0.2, 0.25) is 0 Å². The summed E-state index contributed by atoms with van der Waals surface area (Å²) in [5, 5.41) is 1.00. The van der Waals surface area contributed by atoms with Crippen LogP contribution in [0.3, 0.4) is 0 Å². The average Bonchev–Trinajstić information content (AvgIpc) is 2.95. The number of carbonyl (C=O) groups excluding carboxylic acids is 1. The van der Waals surface area contributed by atoms with Crippen molar-refractivity contribution in [3.05, 3.63) is 66.4 Å². The number of hydrogen-bond donors (Lipinski definition) is 0. The van der Waals surface area contributed by atoms with E-state index in [2.05, 4.69) is 18.0 Å². The number of benzene rings is 2. The van der Waals surface area contributed by atoms with E-state index in [-0.39, 0.29) is 18.6 Å². The molecule has 0 bridgehead atoms. The second-order valence-electron chi connectivity index (χ2n) is 6.07. The van der Waals surface area contributed by atoms with Gasteiger partial charge in [0.25, 0.3) is 5.91 Å². The highest BCUT2D eigenvalue weighted by molar-refractivity contribution is 5.97. The monoisotopic (exact) mass is 318 g/mol. The molecule has 0 spiro atoms. The maximum Gasteiger partial charge on any atom is 0.265 e. The topological polar surface area (TPSA) is 42.4 Å². The molecule has 2 aromatic carbocycles. The van der Waals surface area contributed by atoms with Crippen molar-refractivity contribution in [2.75, 3.05) is 11.5 Å². The van der Waals surface area contributed by atoms with Crippen molar-refractivity contribution in [2.45, 2.75) is 19.4 Å². The summed E-state index contributed by atoms with van der Waals surface area (Å²) in [6, 6.07) is 17.8. The van der Waals surface area contributed by atoms with Gasteiger partial charge in [-0.1, -0.05) is 36.4 Å². The molecule has 0 aliphatic carbocycles. The molecule has 0 N–H and O–H groups in total. The minimum absolute atomic E-state index is 0.00830. The molecule has 0 saturated heterocycles. The molecular weight excluding hydrogens is 300 g/mol. The number of nitrogens with zero attached hydrogens (tertiary/aromatic N) is 2. The van der Waals surface area contributed by atoms with Gasteiger partial charge >= 0.3 is 0 Å². The number of para-hydroxylation sites is 2. The van der Waals surface area contributed by atoms with Gasteiger partial charge in [0.05, 0.1) is 0 Å². The molecule has 1 atom stereocenters. The lowest BCUT2D eigenvalue weighted by Gasteiger charge is -2.22. The molecule has 3 aromatic rings. The van der Waals surface area contributed by atoms with Crippen molar-refractivity contribution in [3.8, 4) is 5.75 Å². The maximum atomic E-state index is 12.7. The molecule has 1 aromatic heterocycles. The Morgan fingerprint density at radius 3 is 2.92 bits per heavy atom. The van der Waals surface area contributed by atoms with Crippen LogP contribution in [0.4, 0.5) is 5.69 Å². The lowest BCUT2D eigenvalue weighted by atomic mass is 10.1. The van der Waals surface area contributed by atoms with Crippen molar-refractivity contribution < 1.29 is 9.53 Å². The molecule has 0 unspecified atom stereocenters. The van der Waals surface area contributed by atoms with Gasteiger partial charge in [0.15, 0.2) is 6.61 Å². The largest absolute Gasteiger partial charge is 0.481 e. The van der Waals surface area contributed by atoms with Crippen LogP contribution in [-0.2, 0) is 11.2 Å². The van der Waals surface area contributed by atoms with Crippen LogP contribution < -0.4 is 9.64 Å². The number of amides is 1. The third-order valence-electron chi connectivity index (χ3n) is 4.42. The number of pyridine rings is 1. The summed E-state index contributed by atoms with van der Waals surface area (Å²) in [6.45, 7) is 2.08. The first-order valence-corrected chi connectivity index (χ1v) is 8.10. The molecule has 1 aliphatic heterocycles. The van der Waals surface area contributed by atoms with Crippen molar-refractivity contribution >= 4 is 22.5 Å². The van der Waals surface area contributed by atoms with E-state index in [1.54, 1.807) is 6.20 Å². The predicted octanol–water partition coefficient (Wildman–Crippen LogP) is 3.59. The number of anilines is 1. The van der Waals surface area contributed by atoms with E-state index in [1.165, 1.54) is 5.56 Å². The van der Waals surface area contributed by atoms with E-state index < -0.39 is 0 Å². The number of hydrogen-bond acceptors (Lipinski definition) is 3. The molecule has 120 valence electrons. The summed E-state index contributed by atoms with van der Waals surface area (Å²) in [5.74, 6) is 0.613. The van der Waals surface area contributed by atoms with E-state index in [0.717, 1.165) is 23.0 Å². The molecule has 0 radical (unpaired) electrons. The van der Waals surface area contributed by atoms with Gasteiger partial charge in [-0.2, -0.15) is 0 Å². The summed E-state index contributed by atoms with van der Waals surface area (Å²) < 4.78 is 5.80. The Bertz CT molecular complexity index is 902. The second kappa shape index (κ2) is 5.96. The fourth-order valence-corrected chi connectivity index (χ4v) is 3.35. The molecule has 0 saturated carbocycles. The summed E-state index contributed by atoms with van der Waals surface area (Å²) in [6.07, 6.45) is 2.62. The van der Waals surface area contributed by atoms with Crippen LogP contribution in [-0.4, -0.2) is 23.5 Å². The third kappa shape index (κ3) is 2.50. The van der Waals surface area contributed by atoms with Gasteiger partial charge in [0.1, 0.15) is 11.3 Å². The van der Waals surface area contributed by atoms with E-state index >= 15 is 0 Å². The van der Waals surface area contributed by atoms with Gasteiger partial charge in [-0.25, -0.2) is 0 Å². The van der Waals surface area contributed by atoms with Gasteiger partial charge in [-0.3, -0.25) is 9.78 Å². The van der Waals surface area contributed by atoms with Gasteiger partial charge in [0.2, 0.25) is 0 Å². The molecule has 2 heterocycles. The Kier molecular flexibility index (Phi) is 3.65. The first-order valence-electron chi connectivity index (χ1n) is 8.10. The Labute approximate surface area is 140 Å². The molecule has 4 nitrogen and oxygen atoms in total. The zero-order valence-electron chi connectivity index (χ0n) is 13.5. The molecule has 4 rings (SSSR count). The molecule has 24 heavy (non-hydrogen) atoms. The Morgan fingerprint density at radius 1 is 1.17 bits per heavy atom. The summed E-state index contributed by atoms with van der Waals surface area (Å²) >= 11 is 0. The summed E-state index contributed by atoms with van der Waals surface area (Å²) in [7, 11) is 0. The maximum absolute atomic E-state index is 12.7. The lowest BCUT2D eigenvalue weighted by Crippen LogP contribution is -2.39. The standard InChI is InChI=1S/C20H18N2O2/c1-14-12-16-6-2-3-9-17(16)22(14)19(23)13-24-18-10-4-7-15-8-5-11-21-20(15)18/h2-11,14H,12-13H2,1H3/t14-/m1/s1. The van der Waals surface area contributed by atoms with Crippen LogP contribution in [0.15, 0.2) is 60.8 Å². The van der Waals surface area contributed by atoms with Crippen LogP contribution >= 0.6 is 0 Å². The molecule has 1 aliphatic rings. The second-order valence-corrected chi connectivity index (χ2v) is 6.07. The Hall–Kier alpha value is -2.88. The van der Waals surface area contributed by atoms with E-state index in [4.69, 9.17) is 4.74 Å². The minimum atomic E-state index is -0.0274. The number of ether oxygens (including phenoxy) is 1. The normalized spacial score (nSPS) is 16.2. The Balaban J connectivity index is 1.55. The van der Waals surface area contributed by atoms with E-state index in [1.807, 2.05) is 53.4 Å². The fraction of sp³-hybridized carbons (Fsp3) is 0.200. The van der Waals surface area contributed by atoms with Crippen molar-refractivity contribution in [1.82, 2.24) is 4.98 Å². The smallest absolute Gasteiger partial charge is 0.265 e. The highest BCUT2D eigenvalue weighted by Gasteiger charge is 2.30. The minimum Gasteiger partial charge on any atom is -0.481 e. The van der Waals surface area contributed by atoms with Gasteiger partial charge < -0.3 is 9.64 Å². The van der Waals surface area contributed by atoms with E-state index in [0.29, 0.717) is 5.75 Å². The zero-order valence-corrected chi connectivity index (χ0v) is 13.5.